The summed E-state index contributed by atoms with van der Waals surface area (Å²) in [5.41, 5.74) is 3.98. The number of pyridine rings is 1. The molecule has 1 N–H and O–H groups in total. The number of nitrogens with zero attached hydrogens (tertiary/aromatic N) is 5. The standard InChI is InChI=1S/C20H19N5O.C2HF3O2/c1-15-6-7-25-14-17(22-19(25)12-15)20(26)24-10-8-23(9-11-24)18-5-3-2-4-16(18)13-21;3-2(4,5)1(6)7/h2-7,12,14H,8-11H2,1H3;(H,6,7). The maximum atomic E-state index is 12.8. The summed E-state index contributed by atoms with van der Waals surface area (Å²) in [4.78, 5) is 30.2. The van der Waals surface area contributed by atoms with Crippen molar-refractivity contribution in [1.82, 2.24) is 14.3 Å². The number of aromatic nitrogens is 2. The Kier molecular flexibility index (Phi) is 6.86. The minimum Gasteiger partial charge on any atom is -0.475 e. The van der Waals surface area contributed by atoms with Crippen LogP contribution in [0.1, 0.15) is 21.6 Å². The van der Waals surface area contributed by atoms with Gasteiger partial charge in [-0.1, -0.05) is 12.1 Å². The Balaban J connectivity index is 0.000000383. The van der Waals surface area contributed by atoms with Crippen molar-refractivity contribution in [2.45, 2.75) is 13.1 Å². The lowest BCUT2D eigenvalue weighted by Gasteiger charge is -2.36. The number of aliphatic carboxylic acids is 1. The lowest BCUT2D eigenvalue weighted by atomic mass is 10.1. The number of fused-ring (bicyclic) bond motifs is 1. The molecule has 3 aromatic rings. The number of aryl methyl sites for hydroxylation is 1. The van der Waals surface area contributed by atoms with Crippen molar-refractivity contribution in [3.05, 3.63) is 65.6 Å². The van der Waals surface area contributed by atoms with Gasteiger partial charge in [0.15, 0.2) is 0 Å². The maximum absolute atomic E-state index is 12.8. The van der Waals surface area contributed by atoms with Gasteiger partial charge in [0.25, 0.3) is 5.91 Å². The predicted octanol–water partition coefficient (Wildman–Crippen LogP) is 3.11. The third-order valence-electron chi connectivity index (χ3n) is 5.01. The van der Waals surface area contributed by atoms with Crippen LogP contribution < -0.4 is 4.90 Å². The molecule has 1 fully saturated rings. The Hall–Kier alpha value is -4.07. The molecule has 1 aliphatic heterocycles. The molecule has 0 aliphatic carbocycles. The van der Waals surface area contributed by atoms with Crippen LogP contribution >= 0.6 is 0 Å². The van der Waals surface area contributed by atoms with Crippen molar-refractivity contribution in [3.8, 4) is 6.07 Å². The normalized spacial score (nSPS) is 13.8. The van der Waals surface area contributed by atoms with E-state index in [1.165, 1.54) is 0 Å². The van der Waals surface area contributed by atoms with Crippen molar-refractivity contribution < 1.29 is 27.9 Å². The summed E-state index contributed by atoms with van der Waals surface area (Å²) >= 11 is 0. The van der Waals surface area contributed by atoms with E-state index >= 15 is 0 Å². The number of hydrogen-bond donors (Lipinski definition) is 1. The lowest BCUT2D eigenvalue weighted by molar-refractivity contribution is -0.192. The van der Waals surface area contributed by atoms with Gasteiger partial charge < -0.3 is 19.3 Å². The number of rotatable bonds is 2. The first-order valence-corrected chi connectivity index (χ1v) is 9.89. The smallest absolute Gasteiger partial charge is 0.475 e. The Morgan fingerprint density at radius 1 is 1.12 bits per heavy atom. The summed E-state index contributed by atoms with van der Waals surface area (Å²) in [6, 6.07) is 13.8. The number of carbonyl (C=O) groups excluding carboxylic acids is 1. The minimum atomic E-state index is -5.08. The molecule has 172 valence electrons. The lowest BCUT2D eigenvalue weighted by Crippen LogP contribution is -2.49. The third-order valence-corrected chi connectivity index (χ3v) is 5.01. The summed E-state index contributed by atoms with van der Waals surface area (Å²) in [7, 11) is 0. The van der Waals surface area contributed by atoms with Crippen molar-refractivity contribution in [3.63, 3.8) is 0 Å². The second-order valence-electron chi connectivity index (χ2n) is 7.31. The number of carboxylic acids is 1. The summed E-state index contributed by atoms with van der Waals surface area (Å²) in [5, 5.41) is 16.4. The first kappa shape index (κ1) is 23.6. The molecule has 2 aromatic heterocycles. The topological polar surface area (TPSA) is 102 Å². The van der Waals surface area contributed by atoms with E-state index in [0.717, 1.165) is 16.9 Å². The van der Waals surface area contributed by atoms with Gasteiger partial charge in [0.2, 0.25) is 0 Å². The number of para-hydroxylation sites is 1. The number of halogens is 3. The molecule has 3 heterocycles. The van der Waals surface area contributed by atoms with Crippen LogP contribution in [0.5, 0.6) is 0 Å². The summed E-state index contributed by atoms with van der Waals surface area (Å²) < 4.78 is 33.6. The van der Waals surface area contributed by atoms with Crippen LogP contribution in [0, 0.1) is 18.3 Å². The molecule has 0 saturated carbocycles. The number of benzene rings is 1. The second kappa shape index (κ2) is 9.60. The highest BCUT2D eigenvalue weighted by molar-refractivity contribution is 5.93. The number of alkyl halides is 3. The van der Waals surface area contributed by atoms with Gasteiger partial charge in [0, 0.05) is 38.6 Å². The Labute approximate surface area is 187 Å². The van der Waals surface area contributed by atoms with Gasteiger partial charge in [-0.2, -0.15) is 18.4 Å². The van der Waals surface area contributed by atoms with Crippen molar-refractivity contribution in [1.29, 1.82) is 5.26 Å². The van der Waals surface area contributed by atoms with Gasteiger partial charge in [0.05, 0.1) is 11.3 Å². The first-order valence-electron chi connectivity index (χ1n) is 9.89. The van der Waals surface area contributed by atoms with Crippen molar-refractivity contribution in [2.24, 2.45) is 0 Å². The molecule has 0 spiro atoms. The number of imidazole rings is 1. The van der Waals surface area contributed by atoms with Crippen LogP contribution in [0.2, 0.25) is 0 Å². The van der Waals surface area contributed by atoms with Crippen LogP contribution in [0.25, 0.3) is 5.65 Å². The van der Waals surface area contributed by atoms with Crippen LogP contribution in [-0.4, -0.2) is 63.6 Å². The van der Waals surface area contributed by atoms with E-state index in [0.29, 0.717) is 37.4 Å². The molecule has 8 nitrogen and oxygen atoms in total. The van der Waals surface area contributed by atoms with Gasteiger partial charge >= 0.3 is 12.1 Å². The molecule has 1 aromatic carbocycles. The maximum Gasteiger partial charge on any atom is 0.490 e. The molecule has 1 amide bonds. The molecule has 1 aliphatic rings. The van der Waals surface area contributed by atoms with E-state index in [-0.39, 0.29) is 5.91 Å². The fraction of sp³-hybridized carbons (Fsp3) is 0.273. The van der Waals surface area contributed by atoms with Gasteiger partial charge in [-0.05, 0) is 36.8 Å². The summed E-state index contributed by atoms with van der Waals surface area (Å²) in [6.07, 6.45) is -1.38. The summed E-state index contributed by atoms with van der Waals surface area (Å²) in [6.45, 7) is 4.65. The Bertz CT molecular complexity index is 1210. The van der Waals surface area contributed by atoms with Crippen LogP contribution in [-0.2, 0) is 4.79 Å². The zero-order valence-electron chi connectivity index (χ0n) is 17.6. The molecule has 0 atom stereocenters. The number of anilines is 1. The fourth-order valence-electron chi connectivity index (χ4n) is 3.34. The number of carboxylic acid groups (broad SMARTS) is 1. The van der Waals surface area contributed by atoms with Crippen molar-refractivity contribution >= 4 is 23.2 Å². The molecule has 0 bridgehead atoms. The highest BCUT2D eigenvalue weighted by atomic mass is 19.4. The molecule has 11 heteroatoms. The van der Waals surface area contributed by atoms with E-state index in [1.807, 2.05) is 58.8 Å². The largest absolute Gasteiger partial charge is 0.490 e. The SMILES string of the molecule is Cc1ccn2cc(C(=O)N3CCN(c4ccccc4C#N)CC3)nc2c1.O=C(O)C(F)(F)F. The minimum absolute atomic E-state index is 0.0421. The fourth-order valence-corrected chi connectivity index (χ4v) is 3.34. The van der Waals surface area contributed by atoms with E-state index in [9.17, 15) is 23.2 Å². The highest BCUT2D eigenvalue weighted by Crippen LogP contribution is 2.21. The van der Waals surface area contributed by atoms with Gasteiger partial charge in [-0.15, -0.1) is 0 Å². The molecular weight excluding hydrogens is 439 g/mol. The average Bonchev–Trinajstić information content (AvgIpc) is 3.21. The third kappa shape index (κ3) is 5.60. The number of nitriles is 1. The van der Waals surface area contributed by atoms with E-state index in [1.54, 1.807) is 6.20 Å². The number of hydrogen-bond acceptors (Lipinski definition) is 5. The second-order valence-corrected chi connectivity index (χ2v) is 7.31. The van der Waals surface area contributed by atoms with E-state index < -0.39 is 12.1 Å². The van der Waals surface area contributed by atoms with Gasteiger partial charge in [-0.25, -0.2) is 9.78 Å². The van der Waals surface area contributed by atoms with Crippen LogP contribution in [0.15, 0.2) is 48.8 Å². The molecule has 4 rings (SSSR count). The van der Waals surface area contributed by atoms with E-state index in [2.05, 4.69) is 16.0 Å². The number of amides is 1. The van der Waals surface area contributed by atoms with Gasteiger partial charge in [0.1, 0.15) is 17.4 Å². The molecule has 33 heavy (non-hydrogen) atoms. The quantitative estimate of drug-likeness (QED) is 0.632. The van der Waals surface area contributed by atoms with Crippen LogP contribution in [0.3, 0.4) is 0 Å². The molecule has 0 radical (unpaired) electrons. The molecular formula is C22H20F3N5O3. The zero-order chi connectivity index (χ0) is 24.2. The first-order chi connectivity index (χ1) is 15.6. The monoisotopic (exact) mass is 459 g/mol. The van der Waals surface area contributed by atoms with E-state index in [4.69, 9.17) is 9.90 Å². The highest BCUT2D eigenvalue weighted by Gasteiger charge is 2.38. The number of carbonyl (C=O) groups is 2. The molecule has 1 saturated heterocycles. The summed E-state index contributed by atoms with van der Waals surface area (Å²) in [5.74, 6) is -2.80. The predicted molar refractivity (Wildman–Crippen MR) is 113 cm³/mol. The van der Waals surface area contributed by atoms with Crippen LogP contribution in [0.4, 0.5) is 18.9 Å². The Morgan fingerprint density at radius 3 is 2.36 bits per heavy atom. The van der Waals surface area contributed by atoms with Gasteiger partial charge in [-0.3, -0.25) is 4.79 Å². The number of piperazine rings is 1. The van der Waals surface area contributed by atoms with Crippen molar-refractivity contribution in [2.75, 3.05) is 31.1 Å². The molecule has 0 unspecified atom stereocenters. The average molecular weight is 459 g/mol. The Morgan fingerprint density at radius 2 is 1.76 bits per heavy atom. The zero-order valence-corrected chi connectivity index (χ0v) is 17.6.